The molecule has 2 aromatic carbocycles. The Kier molecular flexibility index (Phi) is 4.04. The molecule has 4 heteroatoms. The zero-order valence-electron chi connectivity index (χ0n) is 14.2. The first kappa shape index (κ1) is 15.9. The molecule has 128 valence electrons. The molecule has 2 amide bonds. The fourth-order valence-corrected chi connectivity index (χ4v) is 4.13. The molecular weight excluding hydrogens is 312 g/mol. The Morgan fingerprint density at radius 1 is 1.04 bits per heavy atom. The number of hydrogen-bond donors (Lipinski definition) is 2. The molecule has 2 aliphatic rings. The number of hydrogen-bond acceptors (Lipinski definition) is 2. The molecule has 0 atom stereocenters. The Balaban J connectivity index is 1.55. The van der Waals surface area contributed by atoms with Crippen LogP contribution >= 0.6 is 0 Å². The summed E-state index contributed by atoms with van der Waals surface area (Å²) < 4.78 is 0. The van der Waals surface area contributed by atoms with E-state index < -0.39 is 5.41 Å². The Morgan fingerprint density at radius 3 is 2.56 bits per heavy atom. The van der Waals surface area contributed by atoms with Crippen LogP contribution in [0.3, 0.4) is 0 Å². The summed E-state index contributed by atoms with van der Waals surface area (Å²) in [6.45, 7) is 0. The van der Waals surface area contributed by atoms with Crippen molar-refractivity contribution in [3.05, 3.63) is 59.7 Å². The van der Waals surface area contributed by atoms with Crippen LogP contribution in [0, 0.1) is 0 Å². The number of rotatable bonds is 3. The van der Waals surface area contributed by atoms with Gasteiger partial charge in [-0.1, -0.05) is 49.6 Å². The van der Waals surface area contributed by atoms with Crippen LogP contribution in [0.15, 0.2) is 48.5 Å². The van der Waals surface area contributed by atoms with Crippen molar-refractivity contribution in [1.82, 2.24) is 0 Å². The Hall–Kier alpha value is -2.62. The monoisotopic (exact) mass is 334 g/mol. The van der Waals surface area contributed by atoms with Gasteiger partial charge in [-0.2, -0.15) is 0 Å². The number of nitrogens with one attached hydrogen (secondary N) is 2. The standard InChI is InChI=1S/C21H22N2O2/c24-19(13-15-7-3-1-4-8-15)22-16-9-10-18-17(14-16)21(20(25)23-18)11-5-2-6-12-21/h1,3-4,7-10,14H,2,5-6,11-13H2,(H,22,24)(H,23,25). The second-order valence-corrected chi connectivity index (χ2v) is 7.07. The molecule has 2 aromatic rings. The van der Waals surface area contributed by atoms with E-state index in [0.29, 0.717) is 6.42 Å². The van der Waals surface area contributed by atoms with E-state index in [1.165, 1.54) is 6.42 Å². The van der Waals surface area contributed by atoms with Crippen LogP contribution in [0.2, 0.25) is 0 Å². The minimum atomic E-state index is -0.395. The van der Waals surface area contributed by atoms with Crippen LogP contribution in [-0.2, 0) is 21.4 Å². The largest absolute Gasteiger partial charge is 0.326 e. The van der Waals surface area contributed by atoms with E-state index in [0.717, 1.165) is 48.2 Å². The summed E-state index contributed by atoms with van der Waals surface area (Å²) in [7, 11) is 0. The van der Waals surface area contributed by atoms with E-state index in [2.05, 4.69) is 10.6 Å². The van der Waals surface area contributed by atoms with Crippen LogP contribution in [-0.4, -0.2) is 11.8 Å². The fraction of sp³-hybridized carbons (Fsp3) is 0.333. The summed E-state index contributed by atoms with van der Waals surface area (Å²) in [5.74, 6) is 0.0797. The molecule has 0 aromatic heterocycles. The molecular formula is C21H22N2O2. The number of anilines is 2. The van der Waals surface area contributed by atoms with Crippen molar-refractivity contribution in [2.24, 2.45) is 0 Å². The number of amides is 2. The average molecular weight is 334 g/mol. The van der Waals surface area contributed by atoms with Crippen molar-refractivity contribution in [2.75, 3.05) is 10.6 Å². The van der Waals surface area contributed by atoms with Gasteiger partial charge in [0.1, 0.15) is 0 Å². The number of carbonyl (C=O) groups is 2. The third kappa shape index (κ3) is 2.93. The highest BCUT2D eigenvalue weighted by Gasteiger charge is 2.47. The Labute approximate surface area is 147 Å². The maximum Gasteiger partial charge on any atom is 0.235 e. The quantitative estimate of drug-likeness (QED) is 0.890. The zero-order valence-corrected chi connectivity index (χ0v) is 14.2. The summed E-state index contributed by atoms with van der Waals surface area (Å²) >= 11 is 0. The predicted octanol–water partition coefficient (Wildman–Crippen LogP) is 4.02. The van der Waals surface area contributed by atoms with Crippen molar-refractivity contribution in [1.29, 1.82) is 0 Å². The highest BCUT2D eigenvalue weighted by molar-refractivity contribution is 6.07. The van der Waals surface area contributed by atoms with E-state index in [-0.39, 0.29) is 11.8 Å². The molecule has 2 N–H and O–H groups in total. The first-order chi connectivity index (χ1) is 12.2. The Bertz CT molecular complexity index is 808. The van der Waals surface area contributed by atoms with Gasteiger partial charge in [0.05, 0.1) is 11.8 Å². The van der Waals surface area contributed by atoms with Crippen LogP contribution in [0.4, 0.5) is 11.4 Å². The zero-order chi connectivity index (χ0) is 17.3. The summed E-state index contributed by atoms with van der Waals surface area (Å²) in [4.78, 5) is 24.9. The maximum atomic E-state index is 12.6. The van der Waals surface area contributed by atoms with E-state index >= 15 is 0 Å². The molecule has 1 heterocycles. The molecule has 1 aliphatic carbocycles. The van der Waals surface area contributed by atoms with Crippen LogP contribution in [0.25, 0.3) is 0 Å². The lowest BCUT2D eigenvalue weighted by Gasteiger charge is -2.31. The molecule has 0 bridgehead atoms. The molecule has 1 aliphatic heterocycles. The fourth-order valence-electron chi connectivity index (χ4n) is 4.13. The van der Waals surface area contributed by atoms with Crippen molar-refractivity contribution < 1.29 is 9.59 Å². The summed E-state index contributed by atoms with van der Waals surface area (Å²) in [6.07, 6.45) is 5.49. The van der Waals surface area contributed by atoms with Crippen molar-refractivity contribution in [3.8, 4) is 0 Å². The average Bonchev–Trinajstić information content (AvgIpc) is 2.88. The lowest BCUT2D eigenvalue weighted by atomic mass is 9.70. The van der Waals surface area contributed by atoms with Crippen LogP contribution in [0.1, 0.15) is 43.2 Å². The smallest absolute Gasteiger partial charge is 0.235 e. The van der Waals surface area contributed by atoms with Gasteiger partial charge in [-0.05, 0) is 42.2 Å². The second-order valence-electron chi connectivity index (χ2n) is 7.07. The molecule has 4 nitrogen and oxygen atoms in total. The van der Waals surface area contributed by atoms with E-state index in [1.807, 2.05) is 48.5 Å². The van der Waals surface area contributed by atoms with Gasteiger partial charge in [-0.25, -0.2) is 0 Å². The molecule has 4 rings (SSSR count). The van der Waals surface area contributed by atoms with Gasteiger partial charge in [0.2, 0.25) is 11.8 Å². The van der Waals surface area contributed by atoms with E-state index in [4.69, 9.17) is 0 Å². The van der Waals surface area contributed by atoms with Crippen molar-refractivity contribution in [2.45, 2.75) is 43.9 Å². The second kappa shape index (κ2) is 6.36. The predicted molar refractivity (Wildman–Crippen MR) is 98.6 cm³/mol. The summed E-state index contributed by atoms with van der Waals surface area (Å²) in [6, 6.07) is 15.5. The van der Waals surface area contributed by atoms with Gasteiger partial charge in [0.15, 0.2) is 0 Å². The topological polar surface area (TPSA) is 58.2 Å². The third-order valence-electron chi connectivity index (χ3n) is 5.42. The van der Waals surface area contributed by atoms with Gasteiger partial charge in [-0.15, -0.1) is 0 Å². The molecule has 1 saturated carbocycles. The molecule has 0 radical (unpaired) electrons. The van der Waals surface area contributed by atoms with Crippen LogP contribution in [0.5, 0.6) is 0 Å². The van der Waals surface area contributed by atoms with Crippen molar-refractivity contribution >= 4 is 23.2 Å². The van der Waals surface area contributed by atoms with E-state index in [9.17, 15) is 9.59 Å². The molecule has 1 spiro atoms. The van der Waals surface area contributed by atoms with Gasteiger partial charge < -0.3 is 10.6 Å². The van der Waals surface area contributed by atoms with Gasteiger partial charge >= 0.3 is 0 Å². The molecule has 1 fully saturated rings. The normalized spacial score (nSPS) is 17.8. The highest BCUT2D eigenvalue weighted by Crippen LogP contribution is 2.48. The number of fused-ring (bicyclic) bond motifs is 2. The van der Waals surface area contributed by atoms with Gasteiger partial charge in [0, 0.05) is 11.4 Å². The highest BCUT2D eigenvalue weighted by atomic mass is 16.2. The number of carbonyl (C=O) groups excluding carboxylic acids is 2. The first-order valence-electron chi connectivity index (χ1n) is 8.97. The summed E-state index contributed by atoms with van der Waals surface area (Å²) in [5.41, 5.74) is 3.30. The van der Waals surface area contributed by atoms with Gasteiger partial charge in [-0.3, -0.25) is 9.59 Å². The maximum absolute atomic E-state index is 12.6. The van der Waals surface area contributed by atoms with Gasteiger partial charge in [0.25, 0.3) is 0 Å². The lowest BCUT2D eigenvalue weighted by Crippen LogP contribution is -2.36. The minimum Gasteiger partial charge on any atom is -0.326 e. The van der Waals surface area contributed by atoms with Crippen molar-refractivity contribution in [3.63, 3.8) is 0 Å². The molecule has 25 heavy (non-hydrogen) atoms. The summed E-state index contributed by atoms with van der Waals surface area (Å²) in [5, 5.41) is 6.01. The third-order valence-corrected chi connectivity index (χ3v) is 5.42. The SMILES string of the molecule is O=C(Cc1ccccc1)Nc1ccc2c(c1)C1(CCCCC1)C(=O)N2. The number of benzene rings is 2. The van der Waals surface area contributed by atoms with Crippen LogP contribution < -0.4 is 10.6 Å². The lowest BCUT2D eigenvalue weighted by molar-refractivity contribution is -0.122. The van der Waals surface area contributed by atoms with E-state index in [1.54, 1.807) is 0 Å². The first-order valence-corrected chi connectivity index (χ1v) is 8.97. The molecule has 0 unspecified atom stereocenters. The Morgan fingerprint density at radius 2 is 1.80 bits per heavy atom. The minimum absolute atomic E-state index is 0.0406. The molecule has 0 saturated heterocycles.